The number of halogens is 3. The maximum Gasteiger partial charge on any atom is 0.228 e. The first-order valence-corrected chi connectivity index (χ1v) is 5.85. The second-order valence-corrected chi connectivity index (χ2v) is 4.55. The Morgan fingerprint density at radius 2 is 2.06 bits per heavy atom. The zero-order chi connectivity index (χ0) is 13.0. The molecule has 2 N–H and O–H groups in total. The fourth-order valence-electron chi connectivity index (χ4n) is 1.27. The van der Waals surface area contributed by atoms with Crippen molar-refractivity contribution in [2.24, 2.45) is 5.92 Å². The Kier molecular flexibility index (Phi) is 5.02. The van der Waals surface area contributed by atoms with Gasteiger partial charge in [-0.05, 0) is 29.0 Å². The van der Waals surface area contributed by atoms with E-state index in [1.54, 1.807) is 14.0 Å². The normalized spacial score (nSPS) is 12.3. The summed E-state index contributed by atoms with van der Waals surface area (Å²) in [6.45, 7) is 2.16. The van der Waals surface area contributed by atoms with Gasteiger partial charge in [-0.1, -0.05) is 6.92 Å². The van der Waals surface area contributed by atoms with Crippen LogP contribution in [0.5, 0.6) is 0 Å². The van der Waals surface area contributed by atoms with Crippen molar-refractivity contribution in [1.82, 2.24) is 5.32 Å². The summed E-state index contributed by atoms with van der Waals surface area (Å²) < 4.78 is 26.6. The molecular weight excluding hydrogens is 294 g/mol. The average molecular weight is 307 g/mol. The van der Waals surface area contributed by atoms with Crippen LogP contribution in [0.1, 0.15) is 6.92 Å². The minimum Gasteiger partial charge on any atom is -0.323 e. The first-order chi connectivity index (χ1) is 7.95. The Morgan fingerprint density at radius 3 is 2.65 bits per heavy atom. The van der Waals surface area contributed by atoms with Crippen LogP contribution in [-0.4, -0.2) is 19.5 Å². The first kappa shape index (κ1) is 14.1. The topological polar surface area (TPSA) is 41.1 Å². The molecule has 0 saturated heterocycles. The summed E-state index contributed by atoms with van der Waals surface area (Å²) in [6.07, 6.45) is 0. The van der Waals surface area contributed by atoms with Crippen molar-refractivity contribution in [3.8, 4) is 0 Å². The van der Waals surface area contributed by atoms with E-state index in [9.17, 15) is 13.6 Å². The lowest BCUT2D eigenvalue weighted by molar-refractivity contribution is -0.119. The zero-order valence-electron chi connectivity index (χ0n) is 9.48. The third kappa shape index (κ3) is 3.74. The van der Waals surface area contributed by atoms with Gasteiger partial charge in [0.1, 0.15) is 11.6 Å². The summed E-state index contributed by atoms with van der Waals surface area (Å²) in [6, 6.07) is 1.93. The van der Waals surface area contributed by atoms with E-state index < -0.39 is 11.6 Å². The van der Waals surface area contributed by atoms with Crippen molar-refractivity contribution >= 4 is 27.5 Å². The monoisotopic (exact) mass is 306 g/mol. The summed E-state index contributed by atoms with van der Waals surface area (Å²) >= 11 is 2.86. The molecule has 0 spiro atoms. The van der Waals surface area contributed by atoms with Crippen LogP contribution >= 0.6 is 15.9 Å². The first-order valence-electron chi connectivity index (χ1n) is 5.05. The molecule has 0 bridgehead atoms. The summed E-state index contributed by atoms with van der Waals surface area (Å²) in [7, 11) is 1.71. The van der Waals surface area contributed by atoms with Gasteiger partial charge in [0.15, 0.2) is 0 Å². The van der Waals surface area contributed by atoms with Crippen LogP contribution in [0.15, 0.2) is 16.6 Å². The summed E-state index contributed by atoms with van der Waals surface area (Å²) in [5, 5.41) is 5.18. The molecule has 1 atom stereocenters. The molecule has 17 heavy (non-hydrogen) atoms. The van der Waals surface area contributed by atoms with E-state index in [0.29, 0.717) is 6.54 Å². The van der Waals surface area contributed by atoms with Gasteiger partial charge in [-0.2, -0.15) is 0 Å². The molecule has 3 nitrogen and oxygen atoms in total. The highest BCUT2D eigenvalue weighted by Crippen LogP contribution is 2.23. The lowest BCUT2D eigenvalue weighted by Crippen LogP contribution is -2.28. The molecule has 0 heterocycles. The predicted molar refractivity (Wildman–Crippen MR) is 65.8 cm³/mol. The molecule has 1 rings (SSSR count). The van der Waals surface area contributed by atoms with Crippen LogP contribution < -0.4 is 10.6 Å². The van der Waals surface area contributed by atoms with Crippen LogP contribution in [-0.2, 0) is 4.79 Å². The highest BCUT2D eigenvalue weighted by molar-refractivity contribution is 9.10. The van der Waals surface area contributed by atoms with Crippen molar-refractivity contribution in [2.75, 3.05) is 18.9 Å². The van der Waals surface area contributed by atoms with E-state index in [1.165, 1.54) is 0 Å². The standard InChI is InChI=1S/C11H13BrF2N2O/c1-6(5-15-2)11(17)16-10-4-8(13)7(12)3-9(10)14/h3-4,6,15H,5H2,1-2H3,(H,16,17). The van der Waals surface area contributed by atoms with E-state index >= 15 is 0 Å². The Morgan fingerprint density at radius 1 is 1.41 bits per heavy atom. The zero-order valence-corrected chi connectivity index (χ0v) is 11.1. The van der Waals surface area contributed by atoms with E-state index in [4.69, 9.17) is 0 Å². The molecule has 1 aromatic carbocycles. The Hall–Kier alpha value is -1.01. The maximum absolute atomic E-state index is 13.4. The van der Waals surface area contributed by atoms with Crippen molar-refractivity contribution < 1.29 is 13.6 Å². The molecule has 1 unspecified atom stereocenters. The van der Waals surface area contributed by atoms with E-state index in [2.05, 4.69) is 26.6 Å². The quantitative estimate of drug-likeness (QED) is 0.839. The van der Waals surface area contributed by atoms with Crippen LogP contribution in [0.25, 0.3) is 0 Å². The van der Waals surface area contributed by atoms with Gasteiger partial charge in [0.25, 0.3) is 0 Å². The number of hydrogen-bond acceptors (Lipinski definition) is 2. The summed E-state index contributed by atoms with van der Waals surface area (Å²) in [4.78, 5) is 11.6. The highest BCUT2D eigenvalue weighted by atomic mass is 79.9. The molecule has 0 saturated carbocycles. The number of hydrogen-bond donors (Lipinski definition) is 2. The Balaban J connectivity index is 2.81. The third-order valence-corrected chi connectivity index (χ3v) is 2.83. The number of rotatable bonds is 4. The molecule has 0 fully saturated rings. The molecule has 0 aliphatic carbocycles. The van der Waals surface area contributed by atoms with Gasteiger partial charge in [0.2, 0.25) is 5.91 Å². The van der Waals surface area contributed by atoms with Gasteiger partial charge in [-0.25, -0.2) is 8.78 Å². The van der Waals surface area contributed by atoms with E-state index in [-0.39, 0.29) is 22.0 Å². The molecule has 0 aliphatic rings. The van der Waals surface area contributed by atoms with E-state index in [1.807, 2.05) is 0 Å². The minimum atomic E-state index is -0.678. The number of anilines is 1. The second-order valence-electron chi connectivity index (χ2n) is 3.69. The average Bonchev–Trinajstić information content (AvgIpc) is 2.26. The molecule has 0 aliphatic heterocycles. The Bertz CT molecular complexity index is 426. The van der Waals surface area contributed by atoms with Gasteiger partial charge < -0.3 is 10.6 Å². The van der Waals surface area contributed by atoms with Crippen molar-refractivity contribution in [1.29, 1.82) is 0 Å². The van der Waals surface area contributed by atoms with Crippen LogP contribution in [0.2, 0.25) is 0 Å². The van der Waals surface area contributed by atoms with Gasteiger partial charge in [0, 0.05) is 18.5 Å². The van der Waals surface area contributed by atoms with E-state index in [0.717, 1.165) is 12.1 Å². The summed E-state index contributed by atoms with van der Waals surface area (Å²) in [5.41, 5.74) is -0.154. The molecule has 6 heteroatoms. The van der Waals surface area contributed by atoms with Crippen LogP contribution in [0.3, 0.4) is 0 Å². The van der Waals surface area contributed by atoms with Gasteiger partial charge >= 0.3 is 0 Å². The number of benzene rings is 1. The molecule has 0 aromatic heterocycles. The molecule has 94 valence electrons. The number of nitrogens with one attached hydrogen (secondary N) is 2. The Labute approximate surface area is 107 Å². The second kappa shape index (κ2) is 6.07. The number of carbonyl (C=O) groups excluding carboxylic acids is 1. The van der Waals surface area contributed by atoms with Crippen molar-refractivity contribution in [3.63, 3.8) is 0 Å². The highest BCUT2D eigenvalue weighted by Gasteiger charge is 2.15. The SMILES string of the molecule is CNCC(C)C(=O)Nc1cc(F)c(Br)cc1F. The maximum atomic E-state index is 13.4. The third-order valence-electron chi connectivity index (χ3n) is 2.23. The molecule has 0 radical (unpaired) electrons. The largest absolute Gasteiger partial charge is 0.323 e. The summed E-state index contributed by atoms with van der Waals surface area (Å²) in [5.74, 6) is -1.99. The van der Waals surface area contributed by atoms with Gasteiger partial charge in [-0.15, -0.1) is 0 Å². The number of carbonyl (C=O) groups is 1. The molecule has 1 amide bonds. The fraction of sp³-hybridized carbons (Fsp3) is 0.364. The lowest BCUT2D eigenvalue weighted by atomic mass is 10.1. The smallest absolute Gasteiger partial charge is 0.228 e. The van der Waals surface area contributed by atoms with Crippen LogP contribution in [0, 0.1) is 17.6 Å². The minimum absolute atomic E-state index is 0.0243. The molecule has 1 aromatic rings. The van der Waals surface area contributed by atoms with Crippen molar-refractivity contribution in [2.45, 2.75) is 6.92 Å². The van der Waals surface area contributed by atoms with Gasteiger partial charge in [-0.3, -0.25) is 4.79 Å². The van der Waals surface area contributed by atoms with Crippen molar-refractivity contribution in [3.05, 3.63) is 28.2 Å². The number of amides is 1. The molecular formula is C11H13BrF2N2O. The van der Waals surface area contributed by atoms with Crippen LogP contribution in [0.4, 0.5) is 14.5 Å². The van der Waals surface area contributed by atoms with Gasteiger partial charge in [0.05, 0.1) is 10.2 Å². The fourth-order valence-corrected chi connectivity index (χ4v) is 1.59. The lowest BCUT2D eigenvalue weighted by Gasteiger charge is -2.12. The predicted octanol–water partition coefficient (Wildman–Crippen LogP) is 2.52.